The van der Waals surface area contributed by atoms with Crippen molar-refractivity contribution in [3.63, 3.8) is 0 Å². The van der Waals surface area contributed by atoms with Gasteiger partial charge in [0, 0.05) is 12.6 Å². The third-order valence-corrected chi connectivity index (χ3v) is 5.32. The van der Waals surface area contributed by atoms with Crippen molar-refractivity contribution in [1.29, 1.82) is 0 Å². The monoisotopic (exact) mass is 442 g/mol. The minimum absolute atomic E-state index is 0.0350. The first-order valence-corrected chi connectivity index (χ1v) is 10.4. The van der Waals surface area contributed by atoms with Gasteiger partial charge in [0.15, 0.2) is 0 Å². The van der Waals surface area contributed by atoms with E-state index in [9.17, 15) is 18.0 Å². The Labute approximate surface area is 185 Å². The molecule has 1 aromatic heterocycles. The van der Waals surface area contributed by atoms with Gasteiger partial charge in [0.25, 0.3) is 0 Å². The van der Waals surface area contributed by atoms with Crippen LogP contribution < -0.4 is 0 Å². The standard InChI is InChI=1S/C25H25F3N2O2/c1-16(2)18-9-7-17(8-10-18)13-23-29-15-21(25(26,27)28)22(30-23)12-11-19-5-3-4-6-20(19)14-24(31)32/h3-10,15-16H,11-14H2,1-2H3,(H,31,32). The van der Waals surface area contributed by atoms with Gasteiger partial charge in [-0.25, -0.2) is 9.97 Å². The molecule has 0 unspecified atom stereocenters. The van der Waals surface area contributed by atoms with Gasteiger partial charge in [-0.05, 0) is 41.0 Å². The Morgan fingerprint density at radius 2 is 1.66 bits per heavy atom. The van der Waals surface area contributed by atoms with Gasteiger partial charge in [0.1, 0.15) is 5.82 Å². The van der Waals surface area contributed by atoms with Crippen LogP contribution in [0.4, 0.5) is 13.2 Å². The normalized spacial score (nSPS) is 11.7. The first-order valence-electron chi connectivity index (χ1n) is 10.4. The lowest BCUT2D eigenvalue weighted by molar-refractivity contribution is -0.139. The van der Waals surface area contributed by atoms with Crippen LogP contribution in [0.15, 0.2) is 54.7 Å². The molecule has 0 aliphatic heterocycles. The highest BCUT2D eigenvalue weighted by molar-refractivity contribution is 5.70. The summed E-state index contributed by atoms with van der Waals surface area (Å²) in [5, 5.41) is 9.08. The van der Waals surface area contributed by atoms with Crippen LogP contribution in [-0.4, -0.2) is 21.0 Å². The van der Waals surface area contributed by atoms with Crippen molar-refractivity contribution in [3.8, 4) is 0 Å². The van der Waals surface area contributed by atoms with Crippen LogP contribution in [0, 0.1) is 0 Å². The zero-order chi connectivity index (χ0) is 23.3. The Kier molecular flexibility index (Phi) is 7.28. The van der Waals surface area contributed by atoms with Crippen LogP contribution in [0.2, 0.25) is 0 Å². The number of benzene rings is 2. The molecule has 168 valence electrons. The number of nitrogens with zero attached hydrogens (tertiary/aromatic N) is 2. The summed E-state index contributed by atoms with van der Waals surface area (Å²) in [5.41, 5.74) is 2.47. The molecule has 0 aliphatic carbocycles. The van der Waals surface area contributed by atoms with E-state index >= 15 is 0 Å². The lowest BCUT2D eigenvalue weighted by Gasteiger charge is -2.14. The van der Waals surface area contributed by atoms with E-state index < -0.39 is 17.7 Å². The number of rotatable bonds is 8. The Morgan fingerprint density at radius 3 is 2.25 bits per heavy atom. The van der Waals surface area contributed by atoms with Gasteiger partial charge in [0.05, 0.1) is 17.7 Å². The lowest BCUT2D eigenvalue weighted by Crippen LogP contribution is -2.15. The fourth-order valence-corrected chi connectivity index (χ4v) is 3.56. The minimum Gasteiger partial charge on any atom is -0.481 e. The summed E-state index contributed by atoms with van der Waals surface area (Å²) in [6.45, 7) is 4.18. The van der Waals surface area contributed by atoms with Gasteiger partial charge < -0.3 is 5.11 Å². The zero-order valence-electron chi connectivity index (χ0n) is 18.0. The van der Waals surface area contributed by atoms with E-state index in [0.717, 1.165) is 11.8 Å². The SMILES string of the molecule is CC(C)c1ccc(Cc2ncc(C(F)(F)F)c(CCc3ccccc3CC(=O)O)n2)cc1. The molecule has 3 aromatic rings. The maximum absolute atomic E-state index is 13.5. The van der Waals surface area contributed by atoms with Crippen LogP contribution in [0.25, 0.3) is 0 Å². The highest BCUT2D eigenvalue weighted by atomic mass is 19.4. The van der Waals surface area contributed by atoms with Crippen LogP contribution >= 0.6 is 0 Å². The molecular formula is C25H25F3N2O2. The molecule has 0 aliphatic rings. The summed E-state index contributed by atoms with van der Waals surface area (Å²) in [6, 6.07) is 14.8. The maximum Gasteiger partial charge on any atom is 0.419 e. The molecule has 0 bridgehead atoms. The number of alkyl halides is 3. The van der Waals surface area contributed by atoms with E-state index in [0.29, 0.717) is 29.3 Å². The summed E-state index contributed by atoms with van der Waals surface area (Å²) in [7, 11) is 0. The molecule has 0 amide bonds. The topological polar surface area (TPSA) is 63.1 Å². The number of aryl methyl sites for hydroxylation is 2. The van der Waals surface area contributed by atoms with Gasteiger partial charge in [-0.3, -0.25) is 4.79 Å². The predicted octanol–water partition coefficient (Wildman–Crippen LogP) is 5.62. The Bertz CT molecular complexity index is 1080. The number of halogens is 3. The summed E-state index contributed by atoms with van der Waals surface area (Å²) in [6.07, 6.45) is -3.27. The summed E-state index contributed by atoms with van der Waals surface area (Å²) in [5.74, 6) is -0.271. The molecule has 1 heterocycles. The lowest BCUT2D eigenvalue weighted by atomic mass is 9.98. The van der Waals surface area contributed by atoms with E-state index in [2.05, 4.69) is 23.8 Å². The van der Waals surface area contributed by atoms with Crippen molar-refractivity contribution in [1.82, 2.24) is 9.97 Å². The fraction of sp³-hybridized carbons (Fsp3) is 0.320. The molecule has 0 saturated heterocycles. The van der Waals surface area contributed by atoms with Gasteiger partial charge in [-0.15, -0.1) is 0 Å². The number of aromatic nitrogens is 2. The van der Waals surface area contributed by atoms with Gasteiger partial charge in [-0.2, -0.15) is 13.2 Å². The minimum atomic E-state index is -4.56. The Hall–Kier alpha value is -3.22. The molecule has 0 saturated carbocycles. The third kappa shape index (κ3) is 6.15. The average Bonchev–Trinajstić information content (AvgIpc) is 2.72. The predicted molar refractivity (Wildman–Crippen MR) is 116 cm³/mol. The second-order valence-electron chi connectivity index (χ2n) is 8.06. The maximum atomic E-state index is 13.5. The Balaban J connectivity index is 1.84. The van der Waals surface area contributed by atoms with Crippen molar-refractivity contribution >= 4 is 5.97 Å². The molecular weight excluding hydrogens is 417 g/mol. The van der Waals surface area contributed by atoms with Crippen molar-refractivity contribution in [2.24, 2.45) is 0 Å². The molecule has 0 fully saturated rings. The van der Waals surface area contributed by atoms with Crippen LogP contribution in [0.1, 0.15) is 59.1 Å². The number of hydrogen-bond donors (Lipinski definition) is 1. The largest absolute Gasteiger partial charge is 0.481 e. The second kappa shape index (κ2) is 9.94. The number of hydrogen-bond acceptors (Lipinski definition) is 3. The smallest absolute Gasteiger partial charge is 0.419 e. The van der Waals surface area contributed by atoms with Crippen LogP contribution in [0.5, 0.6) is 0 Å². The van der Waals surface area contributed by atoms with Crippen molar-refractivity contribution < 1.29 is 23.1 Å². The van der Waals surface area contributed by atoms with Crippen molar-refractivity contribution in [2.45, 2.75) is 51.6 Å². The number of carbonyl (C=O) groups is 1. The number of carboxylic acid groups (broad SMARTS) is 1. The summed E-state index contributed by atoms with van der Waals surface area (Å²) >= 11 is 0. The molecule has 0 radical (unpaired) electrons. The van der Waals surface area contributed by atoms with Crippen molar-refractivity contribution in [2.75, 3.05) is 0 Å². The van der Waals surface area contributed by atoms with E-state index in [1.165, 1.54) is 5.56 Å². The average molecular weight is 442 g/mol. The van der Waals surface area contributed by atoms with E-state index in [4.69, 9.17) is 5.11 Å². The first kappa shape index (κ1) is 23.4. The number of carboxylic acids is 1. The second-order valence-corrected chi connectivity index (χ2v) is 8.06. The van der Waals surface area contributed by atoms with Gasteiger partial charge in [-0.1, -0.05) is 62.4 Å². The summed E-state index contributed by atoms with van der Waals surface area (Å²) in [4.78, 5) is 19.3. The Morgan fingerprint density at radius 1 is 1.00 bits per heavy atom. The van der Waals surface area contributed by atoms with E-state index in [-0.39, 0.29) is 25.0 Å². The summed E-state index contributed by atoms with van der Waals surface area (Å²) < 4.78 is 40.6. The molecule has 0 atom stereocenters. The molecule has 3 rings (SSSR count). The molecule has 2 aromatic carbocycles. The van der Waals surface area contributed by atoms with E-state index in [1.54, 1.807) is 24.3 Å². The van der Waals surface area contributed by atoms with Gasteiger partial charge >= 0.3 is 12.1 Å². The highest BCUT2D eigenvalue weighted by Gasteiger charge is 2.34. The fourth-order valence-electron chi connectivity index (χ4n) is 3.56. The van der Waals surface area contributed by atoms with Crippen molar-refractivity contribution in [3.05, 3.63) is 94.1 Å². The molecule has 7 heteroatoms. The van der Waals surface area contributed by atoms with Crippen LogP contribution in [-0.2, 0) is 36.7 Å². The molecule has 32 heavy (non-hydrogen) atoms. The molecule has 1 N–H and O–H groups in total. The number of aliphatic carboxylic acids is 1. The van der Waals surface area contributed by atoms with Gasteiger partial charge in [0.2, 0.25) is 0 Å². The highest BCUT2D eigenvalue weighted by Crippen LogP contribution is 2.31. The third-order valence-electron chi connectivity index (χ3n) is 5.32. The first-order chi connectivity index (χ1) is 15.1. The van der Waals surface area contributed by atoms with Crippen LogP contribution in [0.3, 0.4) is 0 Å². The molecule has 4 nitrogen and oxygen atoms in total. The quantitative estimate of drug-likeness (QED) is 0.492. The van der Waals surface area contributed by atoms with E-state index in [1.807, 2.05) is 24.3 Å². The zero-order valence-corrected chi connectivity index (χ0v) is 18.0. The molecule has 0 spiro atoms.